The number of rotatable bonds is 15. The molecule has 0 unspecified atom stereocenters. The van der Waals surface area contributed by atoms with Crippen LogP contribution in [0, 0.1) is 5.92 Å². The van der Waals surface area contributed by atoms with Gasteiger partial charge in [0.2, 0.25) is 0 Å². The third-order valence-electron chi connectivity index (χ3n) is 4.79. The molecule has 0 fully saturated rings. The molecule has 0 bridgehead atoms. The summed E-state index contributed by atoms with van der Waals surface area (Å²) in [6.45, 7) is 9.77. The highest BCUT2D eigenvalue weighted by molar-refractivity contribution is 5.82. The molecule has 0 heterocycles. The molecular formula is C23H45NO5. The van der Waals surface area contributed by atoms with Crippen molar-refractivity contribution in [3.8, 4) is 0 Å². The standard InChI is InChI=1S/C23H45NO5/c1-18(2)16-14-12-10-8-7-9-11-13-15-17-19(25)20(21(26)28-6)24-22(27)29-23(3,4)5/h18-20,25H,7-17H2,1-6H3,(H,24,27)/t19-,20+/m1/s1. The number of esters is 1. The first-order chi connectivity index (χ1) is 13.6. The number of carbonyl (C=O) groups excluding carboxylic acids is 2. The molecule has 6 nitrogen and oxygen atoms in total. The van der Waals surface area contributed by atoms with E-state index in [1.165, 1.54) is 52.1 Å². The van der Waals surface area contributed by atoms with Gasteiger partial charge in [-0.2, -0.15) is 0 Å². The molecule has 0 aromatic heterocycles. The summed E-state index contributed by atoms with van der Waals surface area (Å²) in [5.74, 6) is 0.143. The topological polar surface area (TPSA) is 84.9 Å². The molecule has 0 spiro atoms. The maximum atomic E-state index is 11.9. The summed E-state index contributed by atoms with van der Waals surface area (Å²) >= 11 is 0. The highest BCUT2D eigenvalue weighted by atomic mass is 16.6. The second kappa shape index (κ2) is 15.5. The molecule has 2 atom stereocenters. The molecule has 0 aliphatic rings. The fourth-order valence-corrected chi connectivity index (χ4v) is 3.18. The predicted molar refractivity (Wildman–Crippen MR) is 117 cm³/mol. The Morgan fingerprint density at radius 1 is 0.862 bits per heavy atom. The van der Waals surface area contributed by atoms with Crippen molar-refractivity contribution in [3.63, 3.8) is 0 Å². The number of alkyl carbamates (subject to hydrolysis) is 1. The Hall–Kier alpha value is -1.30. The molecule has 0 aromatic carbocycles. The van der Waals surface area contributed by atoms with Crippen molar-refractivity contribution in [2.24, 2.45) is 5.92 Å². The number of ether oxygens (including phenoxy) is 2. The number of hydrogen-bond donors (Lipinski definition) is 2. The number of carbonyl (C=O) groups is 2. The molecule has 2 N–H and O–H groups in total. The minimum absolute atomic E-state index is 0.435. The van der Waals surface area contributed by atoms with E-state index >= 15 is 0 Å². The largest absolute Gasteiger partial charge is 0.467 e. The quantitative estimate of drug-likeness (QED) is 0.278. The molecule has 0 aliphatic carbocycles. The van der Waals surface area contributed by atoms with Gasteiger partial charge in [-0.1, -0.05) is 78.1 Å². The fourth-order valence-electron chi connectivity index (χ4n) is 3.18. The first-order valence-electron chi connectivity index (χ1n) is 11.3. The third-order valence-corrected chi connectivity index (χ3v) is 4.79. The van der Waals surface area contributed by atoms with Gasteiger partial charge in [0.1, 0.15) is 5.60 Å². The zero-order valence-electron chi connectivity index (χ0n) is 19.6. The Morgan fingerprint density at radius 2 is 1.31 bits per heavy atom. The Bertz CT molecular complexity index is 445. The highest BCUT2D eigenvalue weighted by Crippen LogP contribution is 2.15. The van der Waals surface area contributed by atoms with E-state index in [1.807, 2.05) is 0 Å². The monoisotopic (exact) mass is 415 g/mol. The number of unbranched alkanes of at least 4 members (excludes halogenated alkanes) is 8. The molecule has 0 rings (SSSR count). The molecule has 0 aliphatic heterocycles. The minimum Gasteiger partial charge on any atom is -0.467 e. The van der Waals surface area contributed by atoms with Crippen LogP contribution < -0.4 is 5.32 Å². The van der Waals surface area contributed by atoms with Crippen LogP contribution in [0.1, 0.15) is 105 Å². The summed E-state index contributed by atoms with van der Waals surface area (Å²) in [4.78, 5) is 23.8. The normalized spacial score (nSPS) is 13.8. The Morgan fingerprint density at radius 3 is 1.72 bits per heavy atom. The number of aliphatic hydroxyl groups is 1. The van der Waals surface area contributed by atoms with Gasteiger partial charge in [-0.05, 0) is 33.1 Å². The van der Waals surface area contributed by atoms with Gasteiger partial charge in [0.15, 0.2) is 6.04 Å². The van der Waals surface area contributed by atoms with E-state index in [4.69, 9.17) is 9.47 Å². The van der Waals surface area contributed by atoms with Gasteiger partial charge in [0.05, 0.1) is 13.2 Å². The molecule has 1 amide bonds. The van der Waals surface area contributed by atoms with E-state index in [0.29, 0.717) is 6.42 Å². The lowest BCUT2D eigenvalue weighted by atomic mass is 10.0. The van der Waals surface area contributed by atoms with Gasteiger partial charge in [-0.3, -0.25) is 0 Å². The van der Waals surface area contributed by atoms with E-state index in [2.05, 4.69) is 19.2 Å². The number of amides is 1. The molecule has 0 saturated heterocycles. The van der Waals surface area contributed by atoms with Crippen LogP contribution in [0.5, 0.6) is 0 Å². The summed E-state index contributed by atoms with van der Waals surface area (Å²) < 4.78 is 9.87. The molecule has 0 radical (unpaired) electrons. The molecular weight excluding hydrogens is 370 g/mol. The van der Waals surface area contributed by atoms with Crippen molar-refractivity contribution in [1.29, 1.82) is 0 Å². The van der Waals surface area contributed by atoms with E-state index < -0.39 is 29.8 Å². The van der Waals surface area contributed by atoms with Gasteiger partial charge in [-0.15, -0.1) is 0 Å². The second-order valence-corrected chi connectivity index (χ2v) is 9.37. The fraction of sp³-hybridized carbons (Fsp3) is 0.913. The maximum absolute atomic E-state index is 11.9. The predicted octanol–water partition coefficient (Wildman–Crippen LogP) is 5.36. The first kappa shape index (κ1) is 27.7. The van der Waals surface area contributed by atoms with Gasteiger partial charge in [0.25, 0.3) is 0 Å². The first-order valence-corrected chi connectivity index (χ1v) is 11.3. The van der Waals surface area contributed by atoms with Crippen LogP contribution in [0.15, 0.2) is 0 Å². The van der Waals surface area contributed by atoms with Crippen molar-refractivity contribution >= 4 is 12.1 Å². The van der Waals surface area contributed by atoms with Crippen molar-refractivity contribution in [2.75, 3.05) is 7.11 Å². The lowest BCUT2D eigenvalue weighted by Crippen LogP contribution is -2.50. The average Bonchev–Trinajstić information content (AvgIpc) is 2.61. The molecule has 0 aromatic rings. The Kier molecular flexibility index (Phi) is 14.8. The van der Waals surface area contributed by atoms with E-state index in [9.17, 15) is 14.7 Å². The number of methoxy groups -OCH3 is 1. The lowest BCUT2D eigenvalue weighted by molar-refractivity contribution is -0.146. The number of hydrogen-bond acceptors (Lipinski definition) is 5. The zero-order valence-corrected chi connectivity index (χ0v) is 19.6. The highest BCUT2D eigenvalue weighted by Gasteiger charge is 2.30. The average molecular weight is 416 g/mol. The summed E-state index contributed by atoms with van der Waals surface area (Å²) in [5, 5.41) is 12.8. The van der Waals surface area contributed by atoms with Crippen LogP contribution in [-0.2, 0) is 14.3 Å². The summed E-state index contributed by atoms with van der Waals surface area (Å²) in [6.07, 6.45) is 10.7. The van der Waals surface area contributed by atoms with Gasteiger partial charge < -0.3 is 19.9 Å². The van der Waals surface area contributed by atoms with Crippen molar-refractivity contribution in [3.05, 3.63) is 0 Å². The lowest BCUT2D eigenvalue weighted by Gasteiger charge is -2.25. The molecule has 29 heavy (non-hydrogen) atoms. The smallest absolute Gasteiger partial charge is 0.408 e. The molecule has 6 heteroatoms. The van der Waals surface area contributed by atoms with Crippen LogP contribution in [0.4, 0.5) is 4.79 Å². The van der Waals surface area contributed by atoms with Crippen molar-refractivity contribution in [2.45, 2.75) is 123 Å². The van der Waals surface area contributed by atoms with E-state index in [-0.39, 0.29) is 0 Å². The summed E-state index contributed by atoms with van der Waals surface area (Å²) in [6, 6.07) is -1.11. The Labute approximate surface area is 178 Å². The SMILES string of the molecule is COC(=O)[C@@H](NC(=O)OC(C)(C)C)[C@H](O)CCCCCCCCCCCC(C)C. The van der Waals surface area contributed by atoms with E-state index in [1.54, 1.807) is 20.8 Å². The van der Waals surface area contributed by atoms with Crippen LogP contribution in [0.2, 0.25) is 0 Å². The van der Waals surface area contributed by atoms with Crippen LogP contribution in [0.25, 0.3) is 0 Å². The summed E-state index contributed by atoms with van der Waals surface area (Å²) in [7, 11) is 1.24. The van der Waals surface area contributed by atoms with Crippen LogP contribution >= 0.6 is 0 Å². The number of nitrogens with one attached hydrogen (secondary N) is 1. The van der Waals surface area contributed by atoms with Crippen LogP contribution in [0.3, 0.4) is 0 Å². The second-order valence-electron chi connectivity index (χ2n) is 9.37. The van der Waals surface area contributed by atoms with E-state index in [0.717, 1.165) is 25.2 Å². The molecule has 172 valence electrons. The third kappa shape index (κ3) is 16.2. The van der Waals surface area contributed by atoms with Gasteiger partial charge in [0, 0.05) is 0 Å². The van der Waals surface area contributed by atoms with Gasteiger partial charge >= 0.3 is 12.1 Å². The minimum atomic E-state index is -1.11. The Balaban J connectivity index is 3.98. The van der Waals surface area contributed by atoms with Crippen LogP contribution in [-0.4, -0.2) is 42.0 Å². The zero-order chi connectivity index (χ0) is 22.3. The molecule has 0 saturated carbocycles. The maximum Gasteiger partial charge on any atom is 0.408 e. The van der Waals surface area contributed by atoms with Gasteiger partial charge in [-0.25, -0.2) is 9.59 Å². The van der Waals surface area contributed by atoms with Crippen molar-refractivity contribution < 1.29 is 24.2 Å². The number of aliphatic hydroxyl groups excluding tert-OH is 1. The van der Waals surface area contributed by atoms with Crippen molar-refractivity contribution in [1.82, 2.24) is 5.32 Å². The summed E-state index contributed by atoms with van der Waals surface area (Å²) in [5.41, 5.74) is -0.676.